The summed E-state index contributed by atoms with van der Waals surface area (Å²) in [6.45, 7) is 1.63. The molecule has 1 aromatic heterocycles. The first-order valence-corrected chi connectivity index (χ1v) is 8.33. The summed E-state index contributed by atoms with van der Waals surface area (Å²) >= 11 is 0. The second-order valence-electron chi connectivity index (χ2n) is 5.85. The number of nitrogens with two attached hydrogens (primary N) is 1. The molecule has 2 aromatic carbocycles. The molecule has 4 nitrogen and oxygen atoms in total. The molecule has 0 fully saturated rings. The first kappa shape index (κ1) is 17.4. The van der Waals surface area contributed by atoms with E-state index in [9.17, 15) is 4.79 Å². The summed E-state index contributed by atoms with van der Waals surface area (Å²) < 4.78 is 0. The molecule has 1 amide bonds. The zero-order valence-corrected chi connectivity index (χ0v) is 14.4. The number of aromatic nitrogens is 1. The highest BCUT2D eigenvalue weighted by Crippen LogP contribution is 2.23. The van der Waals surface area contributed by atoms with Gasteiger partial charge in [-0.05, 0) is 42.7 Å². The van der Waals surface area contributed by atoms with Crippen LogP contribution in [0.3, 0.4) is 0 Å². The van der Waals surface area contributed by atoms with Crippen molar-refractivity contribution in [2.24, 2.45) is 5.73 Å². The van der Waals surface area contributed by atoms with Crippen LogP contribution in [0.4, 0.5) is 5.82 Å². The highest BCUT2D eigenvalue weighted by Gasteiger charge is 2.11. The fourth-order valence-corrected chi connectivity index (χ4v) is 2.37. The monoisotopic (exact) mass is 341 g/mol. The Morgan fingerprint density at radius 2 is 1.62 bits per heavy atom. The Hall–Kier alpha value is -3.42. The number of benzene rings is 2. The van der Waals surface area contributed by atoms with Crippen LogP contribution in [-0.4, -0.2) is 16.9 Å². The van der Waals surface area contributed by atoms with Gasteiger partial charge in [-0.3, -0.25) is 4.79 Å². The van der Waals surface area contributed by atoms with Crippen LogP contribution in [0.15, 0.2) is 72.8 Å². The fraction of sp³-hybridized carbons (Fsp3) is 0.0909. The van der Waals surface area contributed by atoms with Crippen molar-refractivity contribution < 1.29 is 4.79 Å². The lowest BCUT2D eigenvalue weighted by Gasteiger charge is -2.10. The largest absolute Gasteiger partial charge is 0.320 e. The molecule has 26 heavy (non-hydrogen) atoms. The number of hydrogen-bond acceptors (Lipinski definition) is 3. The van der Waals surface area contributed by atoms with E-state index in [0.29, 0.717) is 11.5 Å². The van der Waals surface area contributed by atoms with Crippen LogP contribution in [0, 0.1) is 11.8 Å². The van der Waals surface area contributed by atoms with Crippen LogP contribution >= 0.6 is 0 Å². The van der Waals surface area contributed by atoms with Crippen molar-refractivity contribution in [3.8, 4) is 23.0 Å². The molecule has 0 spiro atoms. The summed E-state index contributed by atoms with van der Waals surface area (Å²) in [5, 5.41) is 2.72. The van der Waals surface area contributed by atoms with Crippen LogP contribution in [0.25, 0.3) is 11.1 Å². The molecule has 128 valence electrons. The fourth-order valence-electron chi connectivity index (χ4n) is 2.37. The molecule has 4 heteroatoms. The summed E-state index contributed by atoms with van der Waals surface area (Å²) in [6, 6.07) is 22.7. The Balaban J connectivity index is 2.02. The molecule has 3 aromatic rings. The van der Waals surface area contributed by atoms with Gasteiger partial charge in [0.05, 0.1) is 6.04 Å². The van der Waals surface area contributed by atoms with Gasteiger partial charge in [0, 0.05) is 11.1 Å². The molecule has 1 atom stereocenters. The van der Waals surface area contributed by atoms with Gasteiger partial charge >= 0.3 is 0 Å². The molecule has 0 aliphatic carbocycles. The number of carbonyl (C=O) groups excluding carboxylic acids is 1. The number of anilines is 1. The number of rotatable bonds is 3. The van der Waals surface area contributed by atoms with Crippen LogP contribution in [-0.2, 0) is 4.79 Å². The van der Waals surface area contributed by atoms with E-state index in [0.717, 1.165) is 16.7 Å². The average molecular weight is 341 g/mol. The Morgan fingerprint density at radius 1 is 0.962 bits per heavy atom. The summed E-state index contributed by atoms with van der Waals surface area (Å²) in [4.78, 5) is 16.4. The van der Waals surface area contributed by atoms with Crippen LogP contribution < -0.4 is 11.1 Å². The number of pyridine rings is 1. The normalized spacial score (nSPS) is 11.2. The molecule has 1 unspecified atom stereocenters. The number of hydrogen-bond donors (Lipinski definition) is 2. The Kier molecular flexibility index (Phi) is 5.43. The van der Waals surface area contributed by atoms with Crippen LogP contribution in [0.5, 0.6) is 0 Å². The number of nitrogens with zero attached hydrogens (tertiary/aromatic N) is 1. The van der Waals surface area contributed by atoms with E-state index in [4.69, 9.17) is 5.73 Å². The molecule has 0 saturated heterocycles. The second kappa shape index (κ2) is 8.11. The van der Waals surface area contributed by atoms with Crippen molar-refractivity contribution in [2.45, 2.75) is 13.0 Å². The number of amides is 1. The first-order chi connectivity index (χ1) is 12.6. The third kappa shape index (κ3) is 4.35. The highest BCUT2D eigenvalue weighted by atomic mass is 16.2. The van der Waals surface area contributed by atoms with Crippen molar-refractivity contribution in [2.75, 3.05) is 5.32 Å². The minimum absolute atomic E-state index is 0.285. The van der Waals surface area contributed by atoms with Crippen molar-refractivity contribution in [3.63, 3.8) is 0 Å². The molecule has 3 rings (SSSR count). The highest BCUT2D eigenvalue weighted by molar-refractivity contribution is 5.93. The van der Waals surface area contributed by atoms with Crippen molar-refractivity contribution in [1.29, 1.82) is 0 Å². The lowest BCUT2D eigenvalue weighted by molar-refractivity contribution is -0.117. The van der Waals surface area contributed by atoms with Crippen LogP contribution in [0.1, 0.15) is 18.2 Å². The molecule has 3 N–H and O–H groups in total. The van der Waals surface area contributed by atoms with Gasteiger partial charge in [-0.25, -0.2) is 4.98 Å². The van der Waals surface area contributed by atoms with Gasteiger partial charge in [-0.1, -0.05) is 54.5 Å². The lowest BCUT2D eigenvalue weighted by atomic mass is 10.0. The maximum Gasteiger partial charge on any atom is 0.242 e. The van der Waals surface area contributed by atoms with E-state index in [2.05, 4.69) is 22.1 Å². The van der Waals surface area contributed by atoms with E-state index in [-0.39, 0.29) is 5.91 Å². The summed E-state index contributed by atoms with van der Waals surface area (Å²) in [7, 11) is 0. The van der Waals surface area contributed by atoms with E-state index >= 15 is 0 Å². The number of nitrogens with one attached hydrogen (secondary N) is 1. The van der Waals surface area contributed by atoms with E-state index in [1.165, 1.54) is 0 Å². The van der Waals surface area contributed by atoms with Gasteiger partial charge < -0.3 is 11.1 Å². The number of carbonyl (C=O) groups is 1. The molecule has 0 radical (unpaired) electrons. The molecule has 0 saturated carbocycles. The van der Waals surface area contributed by atoms with Gasteiger partial charge in [-0.15, -0.1) is 0 Å². The van der Waals surface area contributed by atoms with E-state index < -0.39 is 6.04 Å². The molecular weight excluding hydrogens is 322 g/mol. The van der Waals surface area contributed by atoms with Crippen molar-refractivity contribution in [1.82, 2.24) is 4.98 Å². The first-order valence-electron chi connectivity index (χ1n) is 8.33. The van der Waals surface area contributed by atoms with Gasteiger partial charge in [0.1, 0.15) is 11.5 Å². The topological polar surface area (TPSA) is 68.0 Å². The molecule has 0 bridgehead atoms. The Bertz CT molecular complexity index is 955. The minimum atomic E-state index is -0.607. The van der Waals surface area contributed by atoms with Crippen molar-refractivity contribution >= 4 is 11.7 Å². The smallest absolute Gasteiger partial charge is 0.242 e. The third-order valence-electron chi connectivity index (χ3n) is 3.74. The molecule has 0 aliphatic rings. The zero-order valence-electron chi connectivity index (χ0n) is 14.4. The summed E-state index contributed by atoms with van der Waals surface area (Å²) in [6.07, 6.45) is 0. The average Bonchev–Trinajstić information content (AvgIpc) is 2.68. The maximum absolute atomic E-state index is 11.8. The van der Waals surface area contributed by atoms with Gasteiger partial charge in [0.15, 0.2) is 0 Å². The van der Waals surface area contributed by atoms with Crippen molar-refractivity contribution in [3.05, 3.63) is 84.1 Å². The molecular formula is C22H19N3O. The van der Waals surface area contributed by atoms with Gasteiger partial charge in [-0.2, -0.15) is 0 Å². The predicted molar refractivity (Wildman–Crippen MR) is 104 cm³/mol. The molecule has 1 heterocycles. The van der Waals surface area contributed by atoms with Crippen LogP contribution in [0.2, 0.25) is 0 Å². The third-order valence-corrected chi connectivity index (χ3v) is 3.74. The zero-order chi connectivity index (χ0) is 18.4. The summed E-state index contributed by atoms with van der Waals surface area (Å²) in [5.41, 5.74) is 9.04. The summed E-state index contributed by atoms with van der Waals surface area (Å²) in [5.74, 6) is 6.40. The minimum Gasteiger partial charge on any atom is -0.320 e. The SMILES string of the molecule is CC(N)C(=O)Nc1ccc(-c2ccccc2)c(C#Cc2ccccc2)n1. The van der Waals surface area contributed by atoms with Gasteiger partial charge in [0.25, 0.3) is 0 Å². The van der Waals surface area contributed by atoms with E-state index in [1.54, 1.807) is 13.0 Å². The van der Waals surface area contributed by atoms with Gasteiger partial charge in [0.2, 0.25) is 5.91 Å². The van der Waals surface area contributed by atoms with E-state index in [1.807, 2.05) is 66.7 Å². The predicted octanol–water partition coefficient (Wildman–Crippen LogP) is 3.43. The quantitative estimate of drug-likeness (QED) is 0.717. The Labute approximate surface area is 153 Å². The lowest BCUT2D eigenvalue weighted by Crippen LogP contribution is -2.32. The second-order valence-corrected chi connectivity index (χ2v) is 5.85. The Morgan fingerprint density at radius 3 is 2.27 bits per heavy atom. The standard InChI is InChI=1S/C22H19N3O/c1-16(23)22(26)25-21-15-13-19(18-10-6-3-7-11-18)20(24-21)14-12-17-8-4-2-5-9-17/h2-11,13,15-16H,23H2,1H3,(H,24,25,26). The molecule has 0 aliphatic heterocycles. The maximum atomic E-state index is 11.8.